The summed E-state index contributed by atoms with van der Waals surface area (Å²) in [5.74, 6) is 0.305. The molecule has 0 saturated carbocycles. The minimum atomic E-state index is -3.96. The highest BCUT2D eigenvalue weighted by Crippen LogP contribution is 2.24. The van der Waals surface area contributed by atoms with Crippen LogP contribution in [0.15, 0.2) is 47.4 Å². The molecule has 1 amide bonds. The van der Waals surface area contributed by atoms with E-state index in [1.54, 1.807) is 18.2 Å². The molecule has 9 heteroatoms. The van der Waals surface area contributed by atoms with Gasteiger partial charge in [0.15, 0.2) is 0 Å². The first-order chi connectivity index (χ1) is 12.9. The number of hydrogen-bond acceptors (Lipinski definition) is 6. The van der Waals surface area contributed by atoms with E-state index in [-0.39, 0.29) is 16.6 Å². The average molecular weight is 389 g/mol. The number of amides is 1. The van der Waals surface area contributed by atoms with Crippen molar-refractivity contribution < 1.29 is 22.1 Å². The van der Waals surface area contributed by atoms with Crippen molar-refractivity contribution in [2.45, 2.75) is 24.7 Å². The number of aromatic amines is 1. The van der Waals surface area contributed by atoms with Gasteiger partial charge in [0.25, 0.3) is 0 Å². The van der Waals surface area contributed by atoms with Crippen LogP contribution in [0.5, 0.6) is 5.75 Å². The van der Waals surface area contributed by atoms with Crippen LogP contribution in [-0.4, -0.2) is 31.6 Å². The monoisotopic (exact) mass is 389 g/mol. The summed E-state index contributed by atoms with van der Waals surface area (Å²) in [6.07, 6.45) is 1.21. The minimum absolute atomic E-state index is 0.0810. The van der Waals surface area contributed by atoms with Crippen molar-refractivity contribution in [3.63, 3.8) is 0 Å². The maximum atomic E-state index is 12.5. The minimum Gasteiger partial charge on any atom is -0.453 e. The Balaban J connectivity index is 1.81. The number of ether oxygens (including phenoxy) is 1. The van der Waals surface area contributed by atoms with Crippen LogP contribution >= 0.6 is 0 Å². The molecule has 27 heavy (non-hydrogen) atoms. The third kappa shape index (κ3) is 4.37. The summed E-state index contributed by atoms with van der Waals surface area (Å²) in [4.78, 5) is 18.3. The van der Waals surface area contributed by atoms with Crippen LogP contribution in [0, 0.1) is 0 Å². The van der Waals surface area contributed by atoms with Crippen molar-refractivity contribution in [1.29, 1.82) is 0 Å². The van der Waals surface area contributed by atoms with Gasteiger partial charge in [-0.2, -0.15) is 8.42 Å². The molecule has 0 saturated heterocycles. The van der Waals surface area contributed by atoms with Gasteiger partial charge in [0, 0.05) is 6.07 Å². The van der Waals surface area contributed by atoms with E-state index in [1.807, 2.05) is 0 Å². The third-order valence-electron chi connectivity index (χ3n) is 3.82. The SMILES string of the molecule is CCCc1ccc(S(=O)(=O)Oc2ccc3[nH]c(NC(=O)OC)nc3c2)cc1. The zero-order valence-electron chi connectivity index (χ0n) is 14.9. The van der Waals surface area contributed by atoms with Crippen LogP contribution in [0.1, 0.15) is 18.9 Å². The molecule has 2 N–H and O–H groups in total. The average Bonchev–Trinajstić information content (AvgIpc) is 3.03. The van der Waals surface area contributed by atoms with E-state index < -0.39 is 16.2 Å². The van der Waals surface area contributed by atoms with Gasteiger partial charge in [0.05, 0.1) is 18.1 Å². The van der Waals surface area contributed by atoms with E-state index in [0.717, 1.165) is 18.4 Å². The quantitative estimate of drug-likeness (QED) is 0.625. The van der Waals surface area contributed by atoms with Crippen LogP contribution in [0.2, 0.25) is 0 Å². The number of fused-ring (bicyclic) bond motifs is 1. The second-order valence-corrected chi connectivity index (χ2v) is 7.36. The summed E-state index contributed by atoms with van der Waals surface area (Å²) >= 11 is 0. The highest BCUT2D eigenvalue weighted by Gasteiger charge is 2.17. The molecule has 0 aliphatic carbocycles. The van der Waals surface area contributed by atoms with Gasteiger partial charge in [-0.3, -0.25) is 5.32 Å². The molecule has 3 aromatic rings. The molecule has 0 radical (unpaired) electrons. The number of methoxy groups -OCH3 is 1. The Morgan fingerprint density at radius 2 is 1.93 bits per heavy atom. The molecule has 3 rings (SSSR count). The highest BCUT2D eigenvalue weighted by atomic mass is 32.2. The lowest BCUT2D eigenvalue weighted by atomic mass is 10.1. The Kier molecular flexibility index (Phi) is 5.31. The Labute approximate surface area is 156 Å². The van der Waals surface area contributed by atoms with Crippen molar-refractivity contribution in [2.24, 2.45) is 0 Å². The largest absolute Gasteiger partial charge is 0.453 e. The summed E-state index contributed by atoms with van der Waals surface area (Å²) in [6, 6.07) is 11.2. The van der Waals surface area contributed by atoms with Gasteiger partial charge in [-0.1, -0.05) is 25.5 Å². The summed E-state index contributed by atoms with van der Waals surface area (Å²) < 4.78 is 34.7. The van der Waals surface area contributed by atoms with E-state index in [4.69, 9.17) is 4.18 Å². The fourth-order valence-electron chi connectivity index (χ4n) is 2.53. The van der Waals surface area contributed by atoms with Gasteiger partial charge in [-0.05, 0) is 36.2 Å². The van der Waals surface area contributed by atoms with E-state index in [0.29, 0.717) is 11.0 Å². The Morgan fingerprint density at radius 1 is 1.19 bits per heavy atom. The van der Waals surface area contributed by atoms with E-state index in [9.17, 15) is 13.2 Å². The molecular weight excluding hydrogens is 370 g/mol. The predicted molar refractivity (Wildman–Crippen MR) is 100 cm³/mol. The summed E-state index contributed by atoms with van der Waals surface area (Å²) in [5, 5.41) is 2.40. The molecule has 8 nitrogen and oxygen atoms in total. The number of carbonyl (C=O) groups excluding carboxylic acids is 1. The lowest BCUT2D eigenvalue weighted by molar-refractivity contribution is 0.186. The van der Waals surface area contributed by atoms with Crippen LogP contribution in [0.25, 0.3) is 11.0 Å². The Morgan fingerprint density at radius 3 is 2.59 bits per heavy atom. The smallest absolute Gasteiger partial charge is 0.413 e. The molecule has 0 aliphatic heterocycles. The van der Waals surface area contributed by atoms with Crippen molar-refractivity contribution >= 4 is 33.2 Å². The van der Waals surface area contributed by atoms with Crippen LogP contribution in [0.3, 0.4) is 0 Å². The first-order valence-corrected chi connectivity index (χ1v) is 9.70. The normalized spacial score (nSPS) is 11.3. The van der Waals surface area contributed by atoms with Crippen molar-refractivity contribution in [2.75, 3.05) is 12.4 Å². The molecule has 0 unspecified atom stereocenters. The highest BCUT2D eigenvalue weighted by molar-refractivity contribution is 7.87. The second-order valence-electron chi connectivity index (χ2n) is 5.81. The van der Waals surface area contributed by atoms with Gasteiger partial charge in [-0.15, -0.1) is 0 Å². The lowest BCUT2D eigenvalue weighted by Crippen LogP contribution is -2.11. The third-order valence-corrected chi connectivity index (χ3v) is 5.08. The van der Waals surface area contributed by atoms with Gasteiger partial charge < -0.3 is 13.9 Å². The maximum absolute atomic E-state index is 12.5. The number of anilines is 1. The van der Waals surface area contributed by atoms with Crippen molar-refractivity contribution in [3.05, 3.63) is 48.0 Å². The van der Waals surface area contributed by atoms with Gasteiger partial charge in [-0.25, -0.2) is 9.78 Å². The van der Waals surface area contributed by atoms with Gasteiger partial charge >= 0.3 is 16.2 Å². The number of rotatable bonds is 6. The van der Waals surface area contributed by atoms with Crippen LogP contribution < -0.4 is 9.50 Å². The zero-order valence-corrected chi connectivity index (χ0v) is 15.7. The molecule has 2 aromatic carbocycles. The molecule has 0 bridgehead atoms. The first kappa shape index (κ1) is 18.7. The number of H-pyrrole nitrogens is 1. The number of benzene rings is 2. The standard InChI is InChI=1S/C18H19N3O5S/c1-3-4-12-5-8-14(9-6-12)27(23,24)26-13-7-10-15-16(11-13)20-17(19-15)21-18(22)25-2/h5-11H,3-4H2,1-2H3,(H2,19,20,21,22). The van der Waals surface area contributed by atoms with Crippen LogP contribution in [-0.2, 0) is 21.3 Å². The number of aromatic nitrogens is 2. The van der Waals surface area contributed by atoms with E-state index >= 15 is 0 Å². The molecule has 1 heterocycles. The molecule has 0 fully saturated rings. The fourth-order valence-corrected chi connectivity index (χ4v) is 3.45. The number of aryl methyl sites for hydroxylation is 1. The zero-order chi connectivity index (χ0) is 19.4. The number of nitrogens with one attached hydrogen (secondary N) is 2. The molecule has 0 aliphatic rings. The molecule has 142 valence electrons. The van der Waals surface area contributed by atoms with Crippen molar-refractivity contribution in [1.82, 2.24) is 9.97 Å². The predicted octanol–water partition coefficient (Wildman–Crippen LogP) is 3.46. The number of carbonyl (C=O) groups is 1. The summed E-state index contributed by atoms with van der Waals surface area (Å²) in [6.45, 7) is 2.06. The molecular formula is C18H19N3O5S. The second kappa shape index (κ2) is 7.67. The Hall–Kier alpha value is -3.07. The summed E-state index contributed by atoms with van der Waals surface area (Å²) in [5.41, 5.74) is 2.11. The molecule has 1 aromatic heterocycles. The van der Waals surface area contributed by atoms with Gasteiger partial charge in [0.1, 0.15) is 10.6 Å². The maximum Gasteiger partial charge on any atom is 0.413 e. The molecule has 0 atom stereocenters. The van der Waals surface area contributed by atoms with E-state index in [1.165, 1.54) is 31.4 Å². The summed E-state index contributed by atoms with van der Waals surface area (Å²) in [7, 11) is -2.72. The van der Waals surface area contributed by atoms with Gasteiger partial charge in [0.2, 0.25) is 5.95 Å². The first-order valence-electron chi connectivity index (χ1n) is 8.29. The topological polar surface area (TPSA) is 110 Å². The molecule has 0 spiro atoms. The Bertz CT molecular complexity index is 1060. The van der Waals surface area contributed by atoms with Crippen LogP contribution in [0.4, 0.5) is 10.7 Å². The fraction of sp³-hybridized carbons (Fsp3) is 0.222. The van der Waals surface area contributed by atoms with Crippen molar-refractivity contribution in [3.8, 4) is 5.75 Å². The number of imidazole rings is 1. The number of hydrogen-bond donors (Lipinski definition) is 2. The van der Waals surface area contributed by atoms with E-state index in [2.05, 4.69) is 26.9 Å². The lowest BCUT2D eigenvalue weighted by Gasteiger charge is -2.07. The number of nitrogens with zero attached hydrogens (tertiary/aromatic N) is 1.